The fraction of sp³-hybridized carbons (Fsp3) is 0.902. The molecule has 1 rings (SSSR count). The summed E-state index contributed by atoms with van der Waals surface area (Å²) in [6.07, 6.45) is 43.2. The Morgan fingerprint density at radius 2 is 0.781 bits per heavy atom. The Morgan fingerprint density at radius 1 is 0.438 bits per heavy atom. The van der Waals surface area contributed by atoms with Crippen molar-refractivity contribution in [3.05, 3.63) is 12.2 Å². The Balaban J connectivity index is 2.65. The van der Waals surface area contributed by atoms with E-state index in [4.69, 9.17) is 23.7 Å². The van der Waals surface area contributed by atoms with E-state index in [2.05, 4.69) is 32.9 Å². The first-order valence-electron chi connectivity index (χ1n) is 30.7. The minimum absolute atomic E-state index is 0.0675. The van der Waals surface area contributed by atoms with Crippen LogP contribution in [0.15, 0.2) is 12.2 Å². The van der Waals surface area contributed by atoms with E-state index in [-0.39, 0.29) is 25.9 Å². The first-order valence-corrected chi connectivity index (χ1v) is 30.7. The number of aliphatic carboxylic acids is 1. The summed E-state index contributed by atoms with van der Waals surface area (Å²) in [5.74, 6) is -3.09. The van der Waals surface area contributed by atoms with E-state index in [0.29, 0.717) is 19.3 Å². The van der Waals surface area contributed by atoms with Crippen molar-refractivity contribution in [3.63, 3.8) is 0 Å². The van der Waals surface area contributed by atoms with Crippen LogP contribution in [0.4, 0.5) is 0 Å². The van der Waals surface area contributed by atoms with Crippen LogP contribution in [0, 0.1) is 0 Å². The average Bonchev–Trinajstić information content (AvgIpc) is 3.37. The summed E-state index contributed by atoms with van der Waals surface area (Å²) in [7, 11) is 0. The Hall–Kier alpha value is -2.54. The van der Waals surface area contributed by atoms with Gasteiger partial charge in [0.1, 0.15) is 18.8 Å². The first-order chi connectivity index (χ1) is 35.6. The molecule has 0 spiro atoms. The molecular formula is C61H112O12. The Bertz CT molecular complexity index is 1320. The van der Waals surface area contributed by atoms with Crippen LogP contribution in [0.1, 0.15) is 303 Å². The van der Waals surface area contributed by atoms with Gasteiger partial charge in [0, 0.05) is 19.3 Å². The maximum Gasteiger partial charge on any atom is 0.335 e. The number of hydrogen-bond donors (Lipinski definition) is 3. The van der Waals surface area contributed by atoms with Crippen molar-refractivity contribution < 1.29 is 58.2 Å². The molecule has 0 aromatic heterocycles. The van der Waals surface area contributed by atoms with Crippen LogP contribution in [-0.2, 0) is 42.9 Å². The summed E-state index contributed by atoms with van der Waals surface area (Å²) in [6.45, 7) is 6.01. The topological polar surface area (TPSA) is 175 Å². The van der Waals surface area contributed by atoms with Gasteiger partial charge in [-0.05, 0) is 44.9 Å². The number of carbonyl (C=O) groups is 4. The van der Waals surface area contributed by atoms with E-state index in [1.807, 2.05) is 0 Å². The number of hydrogen-bond acceptors (Lipinski definition) is 11. The molecule has 0 aromatic carbocycles. The molecule has 0 saturated carbocycles. The van der Waals surface area contributed by atoms with Crippen LogP contribution in [0.2, 0.25) is 0 Å². The molecule has 0 amide bonds. The minimum Gasteiger partial charge on any atom is -0.479 e. The van der Waals surface area contributed by atoms with Crippen LogP contribution in [0.25, 0.3) is 0 Å². The zero-order chi connectivity index (χ0) is 53.3. The molecule has 0 radical (unpaired) electrons. The Morgan fingerprint density at radius 3 is 1.18 bits per heavy atom. The van der Waals surface area contributed by atoms with E-state index in [0.717, 1.165) is 77.0 Å². The summed E-state index contributed by atoms with van der Waals surface area (Å²) < 4.78 is 28.5. The number of allylic oxidation sites excluding steroid dienone is 2. The number of carboxylic acids is 1. The lowest BCUT2D eigenvalue weighted by Gasteiger charge is -2.40. The normalized spacial score (nSPS) is 18.3. The number of ether oxygens (including phenoxy) is 5. The molecule has 6 unspecified atom stereocenters. The second-order valence-electron chi connectivity index (χ2n) is 21.4. The van der Waals surface area contributed by atoms with E-state index in [9.17, 15) is 34.5 Å². The van der Waals surface area contributed by atoms with Crippen LogP contribution in [0.5, 0.6) is 0 Å². The highest BCUT2D eigenvalue weighted by Crippen LogP contribution is 2.27. The number of rotatable bonds is 53. The standard InChI is InChI=1S/C61H112O12/c1-4-7-10-13-16-19-22-25-26-27-28-31-32-35-38-41-44-47-53(62)69-50-52(71-54(63)48-45-42-39-36-33-29-23-20-17-14-11-8-5-2)51-70-61-59(57(66)56(65)58(73-61)60(67)68)72-55(64)49-46-43-40-37-34-30-24-21-18-15-12-9-6-3/h20,23,52,56-59,61,65-66H,4-19,21-22,24-51H2,1-3H3,(H,67,68)/b23-20-. The van der Waals surface area contributed by atoms with Gasteiger partial charge in [-0.15, -0.1) is 0 Å². The third kappa shape index (κ3) is 40.4. The quantitative estimate of drug-likeness (QED) is 0.0228. The predicted molar refractivity (Wildman–Crippen MR) is 294 cm³/mol. The van der Waals surface area contributed by atoms with Gasteiger partial charge in [-0.3, -0.25) is 14.4 Å². The predicted octanol–water partition coefficient (Wildman–Crippen LogP) is 15.7. The highest BCUT2D eigenvalue weighted by molar-refractivity contribution is 5.74. The van der Waals surface area contributed by atoms with Gasteiger partial charge in [-0.1, -0.05) is 251 Å². The number of aliphatic hydroxyl groups is 2. The molecule has 73 heavy (non-hydrogen) atoms. The third-order valence-electron chi connectivity index (χ3n) is 14.3. The first kappa shape index (κ1) is 68.5. The van der Waals surface area contributed by atoms with Crippen LogP contribution < -0.4 is 0 Å². The molecule has 6 atom stereocenters. The molecule has 12 nitrogen and oxygen atoms in total. The van der Waals surface area contributed by atoms with Gasteiger partial charge in [0.25, 0.3) is 0 Å². The summed E-state index contributed by atoms with van der Waals surface area (Å²) in [6, 6.07) is 0. The number of carbonyl (C=O) groups excluding carboxylic acids is 3. The zero-order valence-corrected chi connectivity index (χ0v) is 47.2. The summed E-state index contributed by atoms with van der Waals surface area (Å²) in [4.78, 5) is 51.1. The maximum atomic E-state index is 13.1. The Labute approximate surface area is 446 Å². The van der Waals surface area contributed by atoms with Crippen molar-refractivity contribution in [2.75, 3.05) is 13.2 Å². The largest absolute Gasteiger partial charge is 0.479 e. The Kier molecular flexibility index (Phi) is 47.2. The van der Waals surface area contributed by atoms with E-state index in [1.165, 1.54) is 167 Å². The molecule has 0 bridgehead atoms. The monoisotopic (exact) mass is 1040 g/mol. The van der Waals surface area contributed by atoms with Gasteiger partial charge in [0.15, 0.2) is 24.6 Å². The molecule has 1 aliphatic heterocycles. The van der Waals surface area contributed by atoms with Crippen LogP contribution >= 0.6 is 0 Å². The molecule has 1 heterocycles. The molecule has 1 fully saturated rings. The van der Waals surface area contributed by atoms with Gasteiger partial charge in [-0.2, -0.15) is 0 Å². The lowest BCUT2D eigenvalue weighted by molar-refractivity contribution is -0.301. The lowest BCUT2D eigenvalue weighted by atomic mass is 9.98. The number of unbranched alkanes of at least 4 members (excludes halogenated alkanes) is 37. The van der Waals surface area contributed by atoms with Crippen molar-refractivity contribution in [1.82, 2.24) is 0 Å². The van der Waals surface area contributed by atoms with Crippen LogP contribution in [-0.4, -0.2) is 89.2 Å². The maximum absolute atomic E-state index is 13.1. The molecule has 1 saturated heterocycles. The molecule has 428 valence electrons. The second kappa shape index (κ2) is 50.3. The molecular weight excluding hydrogens is 925 g/mol. The SMILES string of the molecule is CCCCCC/C=C\CCCCCCCC(=O)OC(COC(=O)CCCCCCCCCCCCCCCCCCC)COC1OC(C(=O)O)C(O)C(O)C1OC(=O)CCCCCCCCCCCCCCC. The molecule has 12 heteroatoms. The van der Waals surface area contributed by atoms with E-state index in [1.54, 1.807) is 0 Å². The molecule has 1 aliphatic rings. The van der Waals surface area contributed by atoms with Gasteiger partial charge < -0.3 is 39.0 Å². The van der Waals surface area contributed by atoms with E-state index < -0.39 is 67.3 Å². The van der Waals surface area contributed by atoms with Crippen LogP contribution in [0.3, 0.4) is 0 Å². The lowest BCUT2D eigenvalue weighted by Crippen LogP contribution is -2.61. The third-order valence-corrected chi connectivity index (χ3v) is 14.3. The summed E-state index contributed by atoms with van der Waals surface area (Å²) in [5.41, 5.74) is 0. The van der Waals surface area contributed by atoms with Crippen molar-refractivity contribution in [2.24, 2.45) is 0 Å². The van der Waals surface area contributed by atoms with Gasteiger partial charge in [0.2, 0.25) is 0 Å². The smallest absolute Gasteiger partial charge is 0.335 e. The fourth-order valence-electron chi connectivity index (χ4n) is 9.60. The number of aliphatic hydroxyl groups excluding tert-OH is 2. The molecule has 0 aliphatic carbocycles. The zero-order valence-electron chi connectivity index (χ0n) is 47.2. The van der Waals surface area contributed by atoms with Crippen molar-refractivity contribution in [1.29, 1.82) is 0 Å². The fourth-order valence-corrected chi connectivity index (χ4v) is 9.60. The number of esters is 3. The molecule has 0 aromatic rings. The van der Waals surface area contributed by atoms with E-state index >= 15 is 0 Å². The second-order valence-corrected chi connectivity index (χ2v) is 21.4. The van der Waals surface area contributed by atoms with Crippen molar-refractivity contribution in [3.8, 4) is 0 Å². The van der Waals surface area contributed by atoms with Crippen molar-refractivity contribution >= 4 is 23.9 Å². The number of carboxylic acid groups (broad SMARTS) is 1. The minimum atomic E-state index is -1.90. The summed E-state index contributed by atoms with van der Waals surface area (Å²) >= 11 is 0. The molecule has 3 N–H and O–H groups in total. The average molecular weight is 1040 g/mol. The van der Waals surface area contributed by atoms with Gasteiger partial charge in [0.05, 0.1) is 6.61 Å². The highest BCUT2D eigenvalue weighted by Gasteiger charge is 2.50. The highest BCUT2D eigenvalue weighted by atomic mass is 16.7. The van der Waals surface area contributed by atoms with Gasteiger partial charge in [-0.25, -0.2) is 4.79 Å². The van der Waals surface area contributed by atoms with Gasteiger partial charge >= 0.3 is 23.9 Å². The van der Waals surface area contributed by atoms with Crippen molar-refractivity contribution in [2.45, 2.75) is 340 Å². The summed E-state index contributed by atoms with van der Waals surface area (Å²) in [5, 5.41) is 31.5.